The second-order valence-electron chi connectivity index (χ2n) is 5.15. The molecule has 0 radical (unpaired) electrons. The molecule has 16 heavy (non-hydrogen) atoms. The van der Waals surface area contributed by atoms with Gasteiger partial charge in [0.15, 0.2) is 0 Å². The van der Waals surface area contributed by atoms with Crippen LogP contribution >= 0.6 is 11.6 Å². The summed E-state index contributed by atoms with van der Waals surface area (Å²) in [6, 6.07) is 0. The smallest absolute Gasteiger partial charge is 0.100 e. The van der Waals surface area contributed by atoms with Crippen molar-refractivity contribution in [3.8, 4) is 0 Å². The van der Waals surface area contributed by atoms with Crippen LogP contribution < -0.4 is 0 Å². The molecule has 2 saturated carbocycles. The van der Waals surface area contributed by atoms with Gasteiger partial charge in [0.25, 0.3) is 0 Å². The summed E-state index contributed by atoms with van der Waals surface area (Å²) >= 11 is 6.14. The van der Waals surface area contributed by atoms with Crippen molar-refractivity contribution in [1.82, 2.24) is 0 Å². The first-order chi connectivity index (χ1) is 7.72. The first-order valence-corrected chi connectivity index (χ1v) is 7.07. The zero-order chi connectivity index (χ0) is 11.5. The maximum atomic E-state index is 6.17. The van der Waals surface area contributed by atoms with Crippen LogP contribution in [0.25, 0.3) is 0 Å². The SMILES string of the molecule is CCOC1C(Cl)CC1OC1CCCCC1C. The van der Waals surface area contributed by atoms with Gasteiger partial charge in [-0.1, -0.05) is 19.8 Å². The van der Waals surface area contributed by atoms with Crippen LogP contribution in [-0.2, 0) is 9.47 Å². The van der Waals surface area contributed by atoms with E-state index in [1.165, 1.54) is 25.7 Å². The van der Waals surface area contributed by atoms with Crippen molar-refractivity contribution in [3.05, 3.63) is 0 Å². The Hall–Kier alpha value is 0.210. The molecule has 5 atom stereocenters. The van der Waals surface area contributed by atoms with Crippen molar-refractivity contribution < 1.29 is 9.47 Å². The van der Waals surface area contributed by atoms with E-state index < -0.39 is 0 Å². The summed E-state index contributed by atoms with van der Waals surface area (Å²) in [5, 5.41) is 0.156. The van der Waals surface area contributed by atoms with Gasteiger partial charge in [-0.05, 0) is 32.1 Å². The van der Waals surface area contributed by atoms with E-state index in [9.17, 15) is 0 Å². The molecule has 3 heteroatoms. The van der Waals surface area contributed by atoms with Crippen LogP contribution in [0.3, 0.4) is 0 Å². The van der Waals surface area contributed by atoms with Crippen LogP contribution in [0.1, 0.15) is 46.0 Å². The number of hydrogen-bond acceptors (Lipinski definition) is 2. The van der Waals surface area contributed by atoms with Crippen LogP contribution in [0, 0.1) is 5.92 Å². The van der Waals surface area contributed by atoms with Gasteiger partial charge >= 0.3 is 0 Å². The van der Waals surface area contributed by atoms with Crippen LogP contribution in [0.15, 0.2) is 0 Å². The first-order valence-electron chi connectivity index (χ1n) is 6.63. The molecular formula is C13H23ClO2. The summed E-state index contributed by atoms with van der Waals surface area (Å²) in [6.45, 7) is 5.05. The third kappa shape index (κ3) is 2.72. The number of hydrogen-bond donors (Lipinski definition) is 0. The molecule has 0 aromatic heterocycles. The Labute approximate surface area is 104 Å². The third-order valence-electron chi connectivity index (χ3n) is 3.92. The van der Waals surface area contributed by atoms with Crippen molar-refractivity contribution in [2.75, 3.05) is 6.61 Å². The van der Waals surface area contributed by atoms with Gasteiger partial charge in [-0.2, -0.15) is 0 Å². The molecule has 0 aromatic rings. The first kappa shape index (κ1) is 12.7. The highest BCUT2D eigenvalue weighted by Gasteiger charge is 2.43. The summed E-state index contributed by atoms with van der Waals surface area (Å²) in [4.78, 5) is 0. The van der Waals surface area contributed by atoms with Crippen molar-refractivity contribution in [1.29, 1.82) is 0 Å². The van der Waals surface area contributed by atoms with Crippen molar-refractivity contribution >= 4 is 11.6 Å². The topological polar surface area (TPSA) is 18.5 Å². The van der Waals surface area contributed by atoms with Gasteiger partial charge in [0.2, 0.25) is 0 Å². The fourth-order valence-corrected chi connectivity index (χ4v) is 3.18. The largest absolute Gasteiger partial charge is 0.374 e. The predicted molar refractivity (Wildman–Crippen MR) is 66.0 cm³/mol. The van der Waals surface area contributed by atoms with Crippen molar-refractivity contribution in [3.63, 3.8) is 0 Å². The van der Waals surface area contributed by atoms with E-state index in [0.29, 0.717) is 12.0 Å². The molecule has 0 N–H and O–H groups in total. The van der Waals surface area contributed by atoms with E-state index in [0.717, 1.165) is 13.0 Å². The molecule has 0 amide bonds. The summed E-state index contributed by atoms with van der Waals surface area (Å²) in [7, 11) is 0. The molecule has 0 aromatic carbocycles. The zero-order valence-electron chi connectivity index (χ0n) is 10.3. The van der Waals surface area contributed by atoms with Gasteiger partial charge in [0.05, 0.1) is 17.6 Å². The van der Waals surface area contributed by atoms with Crippen molar-refractivity contribution in [2.45, 2.75) is 69.6 Å². The lowest BCUT2D eigenvalue weighted by Crippen LogP contribution is -2.53. The molecule has 94 valence electrons. The van der Waals surface area contributed by atoms with Gasteiger partial charge in [-0.25, -0.2) is 0 Å². The highest BCUT2D eigenvalue weighted by Crippen LogP contribution is 2.36. The van der Waals surface area contributed by atoms with Gasteiger partial charge in [0.1, 0.15) is 6.10 Å². The second-order valence-corrected chi connectivity index (χ2v) is 5.71. The molecule has 0 aliphatic heterocycles. The molecule has 2 aliphatic rings. The van der Waals surface area contributed by atoms with Crippen LogP contribution in [0.5, 0.6) is 0 Å². The summed E-state index contributed by atoms with van der Waals surface area (Å²) in [5.74, 6) is 0.699. The maximum absolute atomic E-state index is 6.17. The molecule has 2 fully saturated rings. The molecule has 2 nitrogen and oxygen atoms in total. The summed E-state index contributed by atoms with van der Waals surface area (Å²) < 4.78 is 11.8. The molecule has 2 rings (SSSR count). The minimum atomic E-state index is 0.126. The van der Waals surface area contributed by atoms with Crippen LogP contribution in [-0.4, -0.2) is 30.3 Å². The van der Waals surface area contributed by atoms with Gasteiger partial charge in [0, 0.05) is 6.61 Å². The fraction of sp³-hybridized carbons (Fsp3) is 1.00. The van der Waals surface area contributed by atoms with E-state index in [1.54, 1.807) is 0 Å². The molecule has 5 unspecified atom stereocenters. The summed E-state index contributed by atoms with van der Waals surface area (Å²) in [6.07, 6.45) is 6.95. The van der Waals surface area contributed by atoms with E-state index in [2.05, 4.69) is 6.92 Å². The van der Waals surface area contributed by atoms with Crippen molar-refractivity contribution in [2.24, 2.45) is 5.92 Å². The Morgan fingerprint density at radius 3 is 2.56 bits per heavy atom. The Kier molecular flexibility index (Phi) is 4.51. The van der Waals surface area contributed by atoms with E-state index in [-0.39, 0.29) is 17.6 Å². The average molecular weight is 247 g/mol. The lowest BCUT2D eigenvalue weighted by atomic mass is 9.86. The molecule has 0 spiro atoms. The Morgan fingerprint density at radius 1 is 1.19 bits per heavy atom. The number of ether oxygens (including phenoxy) is 2. The molecule has 0 saturated heterocycles. The van der Waals surface area contributed by atoms with Gasteiger partial charge in [-0.3, -0.25) is 0 Å². The monoisotopic (exact) mass is 246 g/mol. The minimum absolute atomic E-state index is 0.126. The molecule has 0 heterocycles. The van der Waals surface area contributed by atoms with E-state index in [1.807, 2.05) is 6.92 Å². The van der Waals surface area contributed by atoms with E-state index >= 15 is 0 Å². The van der Waals surface area contributed by atoms with Gasteiger partial charge < -0.3 is 9.47 Å². The fourth-order valence-electron chi connectivity index (χ4n) is 2.77. The molecule has 2 aliphatic carbocycles. The number of rotatable bonds is 4. The van der Waals surface area contributed by atoms with E-state index in [4.69, 9.17) is 21.1 Å². The highest BCUT2D eigenvalue weighted by molar-refractivity contribution is 6.21. The average Bonchev–Trinajstić information content (AvgIpc) is 2.28. The number of halogens is 1. The van der Waals surface area contributed by atoms with Crippen LogP contribution in [0.4, 0.5) is 0 Å². The zero-order valence-corrected chi connectivity index (χ0v) is 11.1. The third-order valence-corrected chi connectivity index (χ3v) is 4.35. The maximum Gasteiger partial charge on any atom is 0.100 e. The lowest BCUT2D eigenvalue weighted by Gasteiger charge is -2.44. The van der Waals surface area contributed by atoms with Crippen LogP contribution in [0.2, 0.25) is 0 Å². The Bertz CT molecular complexity index is 222. The number of alkyl halides is 1. The predicted octanol–water partition coefficient (Wildman–Crippen LogP) is 3.37. The standard InChI is InChI=1S/C13H23ClO2/c1-3-15-13-10(14)8-12(13)16-11-7-5-4-6-9(11)2/h9-13H,3-8H2,1-2H3. The lowest BCUT2D eigenvalue weighted by molar-refractivity contribution is -0.161. The van der Waals surface area contributed by atoms with Gasteiger partial charge in [-0.15, -0.1) is 11.6 Å². The molecule has 0 bridgehead atoms. The highest BCUT2D eigenvalue weighted by atomic mass is 35.5. The molecular weight excluding hydrogens is 224 g/mol. The summed E-state index contributed by atoms with van der Waals surface area (Å²) in [5.41, 5.74) is 0. The quantitative estimate of drug-likeness (QED) is 0.709. The minimum Gasteiger partial charge on any atom is -0.374 e. The normalized spacial score (nSPS) is 44.1. The Morgan fingerprint density at radius 2 is 1.94 bits per heavy atom. The second kappa shape index (κ2) is 5.70. The Balaban J connectivity index is 1.80.